The van der Waals surface area contributed by atoms with Crippen molar-refractivity contribution < 1.29 is 15.8 Å². The van der Waals surface area contributed by atoms with Crippen LogP contribution in [0.2, 0.25) is 0 Å². The minimum Gasteiger partial charge on any atom is -0.444 e. The van der Waals surface area contributed by atoms with Gasteiger partial charge in [-0.15, -0.1) is 0 Å². The number of carbonyl (C=O) groups is 2. The van der Waals surface area contributed by atoms with Gasteiger partial charge in [-0.1, -0.05) is 30.3 Å². The number of aryl methyl sites for hydroxylation is 2. The lowest BCUT2D eigenvalue weighted by molar-refractivity contribution is 0.0263. The van der Waals surface area contributed by atoms with Crippen LogP contribution < -0.4 is 4.90 Å². The van der Waals surface area contributed by atoms with Crippen LogP contribution >= 0.6 is 0 Å². The SMILES string of the molecule is Cc1ccccc1-c1cnc(C)c(C(=O)c2cccc(N3CCCN(C(=O)OC(C)(C)C)CC3)n2)c1.[HH]. The summed E-state index contributed by atoms with van der Waals surface area (Å²) in [5.41, 5.74) is 4.17. The van der Waals surface area contributed by atoms with Crippen LogP contribution in [0.4, 0.5) is 10.6 Å². The van der Waals surface area contributed by atoms with Crippen molar-refractivity contribution in [3.8, 4) is 11.1 Å². The summed E-state index contributed by atoms with van der Waals surface area (Å²) < 4.78 is 5.54. The maximum absolute atomic E-state index is 13.5. The van der Waals surface area contributed by atoms with Crippen molar-refractivity contribution in [2.24, 2.45) is 0 Å². The number of pyridine rings is 2. The molecule has 7 nitrogen and oxygen atoms in total. The lowest BCUT2D eigenvalue weighted by Crippen LogP contribution is -2.39. The molecule has 36 heavy (non-hydrogen) atoms. The van der Waals surface area contributed by atoms with Crippen LogP contribution in [-0.2, 0) is 4.74 Å². The first-order valence-electron chi connectivity index (χ1n) is 12.4. The highest BCUT2D eigenvalue weighted by atomic mass is 16.6. The third-order valence-electron chi connectivity index (χ3n) is 6.23. The van der Waals surface area contributed by atoms with Crippen molar-refractivity contribution >= 4 is 17.7 Å². The predicted octanol–water partition coefficient (Wildman–Crippen LogP) is 5.68. The van der Waals surface area contributed by atoms with Crippen molar-refractivity contribution in [2.75, 3.05) is 31.1 Å². The van der Waals surface area contributed by atoms with Crippen molar-refractivity contribution in [2.45, 2.75) is 46.6 Å². The molecule has 4 rings (SSSR count). The van der Waals surface area contributed by atoms with E-state index in [2.05, 4.69) is 9.88 Å². The average molecular weight is 489 g/mol. The second kappa shape index (κ2) is 10.5. The first kappa shape index (κ1) is 25.4. The number of ketones is 1. The minimum atomic E-state index is -0.525. The quantitative estimate of drug-likeness (QED) is 0.440. The van der Waals surface area contributed by atoms with Gasteiger partial charge in [0, 0.05) is 50.6 Å². The molecule has 0 spiro atoms. The Morgan fingerprint density at radius 2 is 1.75 bits per heavy atom. The van der Waals surface area contributed by atoms with Gasteiger partial charge in [0.25, 0.3) is 0 Å². The molecule has 1 saturated heterocycles. The molecule has 1 aliphatic rings. The van der Waals surface area contributed by atoms with Gasteiger partial charge in [0.05, 0.1) is 0 Å². The number of anilines is 1. The first-order valence-corrected chi connectivity index (χ1v) is 12.4. The Hall–Kier alpha value is -3.74. The number of aromatic nitrogens is 2. The zero-order valence-electron chi connectivity index (χ0n) is 21.7. The number of nitrogens with zero attached hydrogens (tertiary/aromatic N) is 4. The minimum absolute atomic E-state index is 0. The standard InChI is InChI=1S/C29H34N4O3.H2/c1-20-10-6-7-11-23(20)22-18-24(21(2)30-19-22)27(34)25-12-8-13-26(31-25)32-14-9-15-33(17-16-32)28(35)36-29(3,4)5;/h6-8,10-13,18-19H,9,14-17H2,1-5H3;1H. The summed E-state index contributed by atoms with van der Waals surface area (Å²) in [6, 6.07) is 15.5. The van der Waals surface area contributed by atoms with Gasteiger partial charge in [-0.2, -0.15) is 0 Å². The number of hydrogen-bond acceptors (Lipinski definition) is 6. The van der Waals surface area contributed by atoms with E-state index in [1.54, 1.807) is 11.0 Å². The lowest BCUT2D eigenvalue weighted by atomic mass is 9.98. The van der Waals surface area contributed by atoms with Crippen molar-refractivity contribution in [1.29, 1.82) is 0 Å². The van der Waals surface area contributed by atoms with Crippen LogP contribution in [0.1, 0.15) is 55.9 Å². The lowest BCUT2D eigenvalue weighted by Gasteiger charge is -2.26. The van der Waals surface area contributed by atoms with Crippen LogP contribution in [0.5, 0.6) is 0 Å². The summed E-state index contributed by atoms with van der Waals surface area (Å²) in [7, 11) is 0. The van der Waals surface area contributed by atoms with Gasteiger partial charge in [-0.25, -0.2) is 9.78 Å². The maximum atomic E-state index is 13.5. The number of hydrogen-bond donors (Lipinski definition) is 0. The van der Waals surface area contributed by atoms with E-state index >= 15 is 0 Å². The van der Waals surface area contributed by atoms with Crippen LogP contribution in [0.25, 0.3) is 11.1 Å². The topological polar surface area (TPSA) is 75.6 Å². The summed E-state index contributed by atoms with van der Waals surface area (Å²) >= 11 is 0. The molecular weight excluding hydrogens is 452 g/mol. The molecule has 0 unspecified atom stereocenters. The summed E-state index contributed by atoms with van der Waals surface area (Å²) in [5.74, 6) is 0.579. The highest BCUT2D eigenvalue weighted by Gasteiger charge is 2.25. The molecule has 3 heterocycles. The second-order valence-corrected chi connectivity index (χ2v) is 10.2. The number of carbonyl (C=O) groups excluding carboxylic acids is 2. The van der Waals surface area contributed by atoms with E-state index in [9.17, 15) is 9.59 Å². The van der Waals surface area contributed by atoms with Crippen molar-refractivity contribution in [3.63, 3.8) is 0 Å². The van der Waals surface area contributed by atoms with Gasteiger partial charge in [-0.05, 0) is 70.4 Å². The highest BCUT2D eigenvalue weighted by Crippen LogP contribution is 2.26. The summed E-state index contributed by atoms with van der Waals surface area (Å²) in [6.45, 7) is 12.0. The molecule has 1 amide bonds. The molecule has 7 heteroatoms. The number of benzene rings is 1. The van der Waals surface area contributed by atoms with E-state index in [1.807, 2.05) is 83.3 Å². The van der Waals surface area contributed by atoms with Crippen LogP contribution in [0, 0.1) is 13.8 Å². The van der Waals surface area contributed by atoms with E-state index in [0.29, 0.717) is 36.6 Å². The largest absolute Gasteiger partial charge is 0.444 e. The van der Waals surface area contributed by atoms with Gasteiger partial charge in [0.1, 0.15) is 17.1 Å². The van der Waals surface area contributed by atoms with Gasteiger partial charge in [0.15, 0.2) is 0 Å². The molecule has 0 bridgehead atoms. The van der Waals surface area contributed by atoms with Gasteiger partial charge in [0.2, 0.25) is 5.78 Å². The molecule has 1 fully saturated rings. The molecule has 190 valence electrons. The molecular formula is C29H36N4O3. The van der Waals surface area contributed by atoms with Gasteiger partial charge in [-0.3, -0.25) is 9.78 Å². The second-order valence-electron chi connectivity index (χ2n) is 10.2. The summed E-state index contributed by atoms with van der Waals surface area (Å²) in [4.78, 5) is 39.1. The monoisotopic (exact) mass is 488 g/mol. The van der Waals surface area contributed by atoms with Crippen molar-refractivity contribution in [3.05, 3.63) is 77.2 Å². The molecule has 1 aromatic carbocycles. The molecule has 0 aliphatic carbocycles. The van der Waals surface area contributed by atoms with Crippen LogP contribution in [-0.4, -0.2) is 58.5 Å². The van der Waals surface area contributed by atoms with E-state index in [-0.39, 0.29) is 13.3 Å². The Morgan fingerprint density at radius 1 is 0.972 bits per heavy atom. The Morgan fingerprint density at radius 3 is 2.50 bits per heavy atom. The molecule has 0 N–H and O–H groups in total. The molecule has 0 saturated carbocycles. The maximum Gasteiger partial charge on any atom is 0.410 e. The first-order chi connectivity index (χ1) is 17.1. The van der Waals surface area contributed by atoms with E-state index in [0.717, 1.165) is 35.5 Å². The zero-order chi connectivity index (χ0) is 25.9. The predicted molar refractivity (Wildman–Crippen MR) is 144 cm³/mol. The third-order valence-corrected chi connectivity index (χ3v) is 6.23. The summed E-state index contributed by atoms with van der Waals surface area (Å²) in [5, 5.41) is 0. The smallest absolute Gasteiger partial charge is 0.410 e. The fourth-order valence-electron chi connectivity index (χ4n) is 4.33. The molecule has 3 aromatic rings. The Kier molecular flexibility index (Phi) is 7.38. The molecule has 0 atom stereocenters. The Balaban J connectivity index is 0.00000380. The fraction of sp³-hybridized carbons (Fsp3) is 0.379. The molecule has 1 aliphatic heterocycles. The Labute approximate surface area is 214 Å². The van der Waals surface area contributed by atoms with Gasteiger partial charge >= 0.3 is 6.09 Å². The number of ether oxygens (including phenoxy) is 1. The molecule has 2 aromatic heterocycles. The van der Waals surface area contributed by atoms with Crippen LogP contribution in [0.3, 0.4) is 0 Å². The normalized spacial score (nSPS) is 14.4. The van der Waals surface area contributed by atoms with Gasteiger partial charge < -0.3 is 14.5 Å². The van der Waals surface area contributed by atoms with Crippen LogP contribution in [0.15, 0.2) is 54.7 Å². The Bertz CT molecular complexity index is 1270. The number of amides is 1. The zero-order valence-corrected chi connectivity index (χ0v) is 21.7. The van der Waals surface area contributed by atoms with E-state index in [1.165, 1.54) is 0 Å². The fourth-order valence-corrected chi connectivity index (χ4v) is 4.33. The van der Waals surface area contributed by atoms with E-state index in [4.69, 9.17) is 9.72 Å². The highest BCUT2D eigenvalue weighted by molar-refractivity contribution is 6.09. The number of rotatable bonds is 4. The third kappa shape index (κ3) is 5.90. The summed E-state index contributed by atoms with van der Waals surface area (Å²) in [6.07, 6.45) is 2.31. The molecule has 0 radical (unpaired) electrons. The average Bonchev–Trinajstić information content (AvgIpc) is 3.10. The van der Waals surface area contributed by atoms with Crippen molar-refractivity contribution in [1.82, 2.24) is 14.9 Å². The van der Waals surface area contributed by atoms with E-state index < -0.39 is 5.60 Å².